The van der Waals surface area contributed by atoms with Gasteiger partial charge in [0.05, 0.1) is 41.3 Å². The topological polar surface area (TPSA) is 89.8 Å². The van der Waals surface area contributed by atoms with Crippen LogP contribution < -0.4 is 5.56 Å². The molecule has 40 heavy (non-hydrogen) atoms. The van der Waals surface area contributed by atoms with Gasteiger partial charge in [-0.2, -0.15) is 5.26 Å². The second kappa shape index (κ2) is 10.6. The van der Waals surface area contributed by atoms with Crippen LogP contribution in [0.15, 0.2) is 71.5 Å². The summed E-state index contributed by atoms with van der Waals surface area (Å²) in [5.41, 5.74) is 4.96. The highest BCUT2D eigenvalue weighted by Gasteiger charge is 2.48. The average molecular weight is 569 g/mol. The van der Waals surface area contributed by atoms with E-state index < -0.39 is 0 Å². The number of fused-ring (bicyclic) bond motifs is 1. The molecule has 0 atom stereocenters. The van der Waals surface area contributed by atoms with Crippen molar-refractivity contribution in [3.63, 3.8) is 0 Å². The maximum absolute atomic E-state index is 13.4. The molecule has 2 heterocycles. The van der Waals surface area contributed by atoms with Crippen molar-refractivity contribution in [2.24, 2.45) is 0 Å². The quantitative estimate of drug-likeness (QED) is 0.309. The zero-order chi connectivity index (χ0) is 27.9. The summed E-state index contributed by atoms with van der Waals surface area (Å²) in [4.78, 5) is 36.5. The Hall–Kier alpha value is -3.92. The molecule has 2 aliphatic rings. The Morgan fingerprint density at radius 3 is 2.62 bits per heavy atom. The number of nitriles is 1. The molecule has 1 aliphatic heterocycles. The summed E-state index contributed by atoms with van der Waals surface area (Å²) in [7, 11) is 0. The molecule has 1 aliphatic carbocycles. The lowest BCUT2D eigenvalue weighted by molar-refractivity contribution is -0.131. The summed E-state index contributed by atoms with van der Waals surface area (Å²) >= 11 is 12.4. The van der Waals surface area contributed by atoms with E-state index >= 15 is 0 Å². The Morgan fingerprint density at radius 1 is 1.02 bits per heavy atom. The minimum absolute atomic E-state index is 0.0464. The van der Waals surface area contributed by atoms with Gasteiger partial charge in [0.25, 0.3) is 5.56 Å². The number of H-pyrrole nitrogens is 1. The van der Waals surface area contributed by atoms with E-state index in [1.54, 1.807) is 23.1 Å². The van der Waals surface area contributed by atoms with Gasteiger partial charge in [-0.25, -0.2) is 4.98 Å². The van der Waals surface area contributed by atoms with Crippen LogP contribution in [0.1, 0.15) is 53.0 Å². The lowest BCUT2D eigenvalue weighted by Gasteiger charge is -2.21. The Morgan fingerprint density at radius 2 is 1.85 bits per heavy atom. The summed E-state index contributed by atoms with van der Waals surface area (Å²) in [6.45, 7) is 0.795. The number of amides is 1. The maximum atomic E-state index is 13.4. The Bertz CT molecular complexity index is 1740. The number of aromatic amines is 1. The first-order valence-corrected chi connectivity index (χ1v) is 14.1. The molecule has 200 valence electrons. The molecule has 1 fully saturated rings. The van der Waals surface area contributed by atoms with Gasteiger partial charge in [0.1, 0.15) is 5.82 Å². The molecule has 6 nitrogen and oxygen atoms in total. The SMILES string of the molecule is N#Cc1cc(Cl)cc(-c2cccc(CC(=O)N3CCCc4nc(C5(c6cccc(Cl)c6)CC5)[nH]c(=O)c4C3)c2)c1. The third kappa shape index (κ3) is 5.15. The van der Waals surface area contributed by atoms with Crippen LogP contribution in [0, 0.1) is 11.3 Å². The molecule has 1 aromatic heterocycles. The highest BCUT2D eigenvalue weighted by atomic mass is 35.5. The molecule has 4 aromatic rings. The predicted molar refractivity (Wildman–Crippen MR) is 155 cm³/mol. The summed E-state index contributed by atoms with van der Waals surface area (Å²) in [5.74, 6) is 0.644. The number of rotatable bonds is 5. The summed E-state index contributed by atoms with van der Waals surface area (Å²) in [6, 6.07) is 22.8. The molecule has 0 unspecified atom stereocenters. The molecular formula is C32H26Cl2N4O2. The van der Waals surface area contributed by atoms with Gasteiger partial charge in [0.15, 0.2) is 0 Å². The molecule has 0 spiro atoms. The van der Waals surface area contributed by atoms with E-state index in [0.29, 0.717) is 40.0 Å². The van der Waals surface area contributed by atoms with E-state index in [9.17, 15) is 14.9 Å². The molecule has 1 saturated carbocycles. The van der Waals surface area contributed by atoms with E-state index in [2.05, 4.69) is 11.1 Å². The van der Waals surface area contributed by atoms with Crippen molar-refractivity contribution in [2.45, 2.75) is 44.1 Å². The van der Waals surface area contributed by atoms with Crippen molar-refractivity contribution in [2.75, 3.05) is 6.54 Å². The number of aromatic nitrogens is 2. The lowest BCUT2D eigenvalue weighted by Crippen LogP contribution is -2.34. The van der Waals surface area contributed by atoms with Crippen LogP contribution in [-0.2, 0) is 29.6 Å². The monoisotopic (exact) mass is 568 g/mol. The van der Waals surface area contributed by atoms with Crippen molar-refractivity contribution in [3.8, 4) is 17.2 Å². The standard InChI is InChI=1S/C32H26Cl2N4O2/c33-25-7-2-6-24(17-25)32(9-10-32)31-36-28-8-3-11-38(19-27(28)30(40)37-31)29(39)15-20-4-1-5-22(12-20)23-13-21(18-35)14-26(34)16-23/h1-2,4-7,12-14,16-17H,3,8-11,15,19H2,(H,36,37,40). The van der Waals surface area contributed by atoms with E-state index in [0.717, 1.165) is 47.2 Å². The van der Waals surface area contributed by atoms with Crippen molar-refractivity contribution in [3.05, 3.63) is 121 Å². The number of nitrogens with zero attached hydrogens (tertiary/aromatic N) is 3. The van der Waals surface area contributed by atoms with Crippen molar-refractivity contribution in [1.82, 2.24) is 14.9 Å². The summed E-state index contributed by atoms with van der Waals surface area (Å²) < 4.78 is 0. The van der Waals surface area contributed by atoms with E-state index in [4.69, 9.17) is 28.2 Å². The van der Waals surface area contributed by atoms with Gasteiger partial charge >= 0.3 is 0 Å². The Balaban J connectivity index is 1.22. The second-order valence-corrected chi connectivity index (χ2v) is 11.4. The van der Waals surface area contributed by atoms with Gasteiger partial charge in [-0.1, -0.05) is 59.6 Å². The van der Waals surface area contributed by atoms with Crippen LogP contribution in [0.5, 0.6) is 0 Å². The number of carbonyl (C=O) groups excluding carboxylic acids is 1. The molecule has 0 saturated heterocycles. The van der Waals surface area contributed by atoms with Crippen LogP contribution in [0.25, 0.3) is 11.1 Å². The number of halogens is 2. The summed E-state index contributed by atoms with van der Waals surface area (Å²) in [5, 5.41) is 10.4. The first-order chi connectivity index (χ1) is 19.3. The fraction of sp³-hybridized carbons (Fsp3) is 0.250. The molecule has 1 N–H and O–H groups in total. The van der Waals surface area contributed by atoms with Gasteiger partial charge in [-0.3, -0.25) is 9.59 Å². The molecular weight excluding hydrogens is 543 g/mol. The first-order valence-electron chi connectivity index (χ1n) is 13.3. The third-order valence-electron chi connectivity index (χ3n) is 7.87. The normalized spacial score (nSPS) is 15.6. The number of benzene rings is 3. The minimum atomic E-state index is -0.303. The van der Waals surface area contributed by atoms with Crippen molar-refractivity contribution in [1.29, 1.82) is 5.26 Å². The van der Waals surface area contributed by atoms with E-state index in [1.807, 2.05) is 48.5 Å². The van der Waals surface area contributed by atoms with Crippen LogP contribution in [0.3, 0.4) is 0 Å². The zero-order valence-electron chi connectivity index (χ0n) is 21.7. The fourth-order valence-electron chi connectivity index (χ4n) is 5.60. The van der Waals surface area contributed by atoms with Crippen molar-refractivity contribution < 1.29 is 4.79 Å². The number of hydrogen-bond acceptors (Lipinski definition) is 4. The third-order valence-corrected chi connectivity index (χ3v) is 8.32. The van der Waals surface area contributed by atoms with Crippen LogP contribution in [0.2, 0.25) is 10.0 Å². The number of carbonyl (C=O) groups is 1. The maximum Gasteiger partial charge on any atom is 0.256 e. The van der Waals surface area contributed by atoms with Crippen LogP contribution >= 0.6 is 23.2 Å². The van der Waals surface area contributed by atoms with Gasteiger partial charge in [0.2, 0.25) is 5.91 Å². The Labute approximate surface area is 242 Å². The highest BCUT2D eigenvalue weighted by Crippen LogP contribution is 2.52. The molecule has 0 bridgehead atoms. The fourth-order valence-corrected chi connectivity index (χ4v) is 6.03. The van der Waals surface area contributed by atoms with Gasteiger partial charge in [0, 0.05) is 16.6 Å². The van der Waals surface area contributed by atoms with Crippen LogP contribution in [-0.4, -0.2) is 27.3 Å². The van der Waals surface area contributed by atoms with Gasteiger partial charge < -0.3 is 9.88 Å². The average Bonchev–Trinajstić information content (AvgIpc) is 3.77. The predicted octanol–water partition coefficient (Wildman–Crippen LogP) is 6.21. The lowest BCUT2D eigenvalue weighted by atomic mass is 9.94. The largest absolute Gasteiger partial charge is 0.338 e. The number of hydrogen-bond donors (Lipinski definition) is 1. The summed E-state index contributed by atoms with van der Waals surface area (Å²) in [6.07, 6.45) is 3.40. The molecule has 1 amide bonds. The first kappa shape index (κ1) is 26.3. The molecule has 8 heteroatoms. The zero-order valence-corrected chi connectivity index (χ0v) is 23.2. The number of nitrogens with one attached hydrogen (secondary N) is 1. The number of aryl methyl sites for hydroxylation is 1. The minimum Gasteiger partial charge on any atom is -0.338 e. The molecule has 0 radical (unpaired) electrons. The van der Waals surface area contributed by atoms with Gasteiger partial charge in [-0.05, 0) is 78.3 Å². The second-order valence-electron chi connectivity index (χ2n) is 10.6. The molecule has 6 rings (SSSR count). The Kier molecular flexibility index (Phi) is 6.95. The highest BCUT2D eigenvalue weighted by molar-refractivity contribution is 6.31. The molecule has 3 aromatic carbocycles. The van der Waals surface area contributed by atoms with E-state index in [1.165, 1.54) is 0 Å². The van der Waals surface area contributed by atoms with E-state index in [-0.39, 0.29) is 29.8 Å². The smallest absolute Gasteiger partial charge is 0.256 e. The van der Waals surface area contributed by atoms with Crippen molar-refractivity contribution >= 4 is 29.1 Å². The van der Waals surface area contributed by atoms with Gasteiger partial charge in [-0.15, -0.1) is 0 Å². The van der Waals surface area contributed by atoms with Crippen LogP contribution in [0.4, 0.5) is 0 Å².